The van der Waals surface area contributed by atoms with Gasteiger partial charge in [0.05, 0.1) is 10.2 Å². The van der Waals surface area contributed by atoms with Crippen molar-refractivity contribution < 1.29 is 9.90 Å². The summed E-state index contributed by atoms with van der Waals surface area (Å²) in [5, 5.41) is 11.0. The first kappa shape index (κ1) is 12.8. The number of hydrogen-bond donors (Lipinski definition) is 1. The first-order chi connectivity index (χ1) is 8.63. The molecule has 0 aliphatic heterocycles. The lowest BCUT2D eigenvalue weighted by molar-refractivity contribution is -0.135. The maximum Gasteiger partial charge on any atom is 0.323 e. The van der Waals surface area contributed by atoms with E-state index in [0.717, 1.165) is 16.6 Å². The third kappa shape index (κ3) is 2.43. The van der Waals surface area contributed by atoms with Crippen molar-refractivity contribution in [1.82, 2.24) is 9.97 Å². The summed E-state index contributed by atoms with van der Waals surface area (Å²) >= 11 is 1.54. The van der Waals surface area contributed by atoms with Gasteiger partial charge in [0, 0.05) is 6.04 Å². The van der Waals surface area contributed by atoms with E-state index in [1.54, 1.807) is 0 Å². The molecule has 0 amide bonds. The Bertz CT molecular complexity index is 555. The molecule has 0 bridgehead atoms. The third-order valence-corrected chi connectivity index (χ3v) is 3.82. The van der Waals surface area contributed by atoms with E-state index in [9.17, 15) is 4.79 Å². The Kier molecular flexibility index (Phi) is 3.76. The van der Waals surface area contributed by atoms with Gasteiger partial charge in [0.1, 0.15) is 12.9 Å². The molecule has 1 unspecified atom stereocenters. The molecule has 6 heteroatoms. The number of thiophene rings is 1. The number of aromatic nitrogens is 2. The summed E-state index contributed by atoms with van der Waals surface area (Å²) in [6.07, 6.45) is 2.35. The highest BCUT2D eigenvalue weighted by atomic mass is 32.1. The fourth-order valence-electron chi connectivity index (χ4n) is 1.79. The van der Waals surface area contributed by atoms with Crippen molar-refractivity contribution >= 4 is 33.3 Å². The molecule has 0 saturated heterocycles. The van der Waals surface area contributed by atoms with Crippen molar-refractivity contribution in [3.63, 3.8) is 0 Å². The summed E-state index contributed by atoms with van der Waals surface area (Å²) < 4.78 is 0.944. The molecule has 1 atom stereocenters. The van der Waals surface area contributed by atoms with Gasteiger partial charge < -0.3 is 10.0 Å². The molecule has 18 heavy (non-hydrogen) atoms. The van der Waals surface area contributed by atoms with E-state index in [-0.39, 0.29) is 12.6 Å². The summed E-state index contributed by atoms with van der Waals surface area (Å²) in [6, 6.07) is 2.04. The number of rotatable bonds is 5. The van der Waals surface area contributed by atoms with Crippen LogP contribution in [0.4, 0.5) is 5.82 Å². The van der Waals surface area contributed by atoms with Crippen LogP contribution in [0, 0.1) is 0 Å². The van der Waals surface area contributed by atoms with E-state index in [2.05, 4.69) is 9.97 Å². The summed E-state index contributed by atoms with van der Waals surface area (Å²) in [4.78, 5) is 21.3. The highest BCUT2D eigenvalue weighted by Gasteiger charge is 2.20. The van der Waals surface area contributed by atoms with E-state index in [4.69, 9.17) is 5.11 Å². The number of carboxylic acid groups (broad SMARTS) is 1. The molecular formula is C12H15N3O2S. The number of carbonyl (C=O) groups is 1. The first-order valence-corrected chi connectivity index (χ1v) is 6.68. The number of carboxylic acids is 1. The van der Waals surface area contributed by atoms with Crippen LogP contribution in [0.3, 0.4) is 0 Å². The van der Waals surface area contributed by atoms with Crippen molar-refractivity contribution in [3.8, 4) is 0 Å². The van der Waals surface area contributed by atoms with Gasteiger partial charge in [-0.3, -0.25) is 4.79 Å². The summed E-state index contributed by atoms with van der Waals surface area (Å²) in [7, 11) is 0. The topological polar surface area (TPSA) is 66.3 Å². The Morgan fingerprint density at radius 2 is 2.33 bits per heavy atom. The van der Waals surface area contributed by atoms with Gasteiger partial charge in [-0.2, -0.15) is 0 Å². The van der Waals surface area contributed by atoms with Crippen molar-refractivity contribution in [3.05, 3.63) is 17.8 Å². The number of fused-ring (bicyclic) bond motifs is 1. The minimum Gasteiger partial charge on any atom is -0.480 e. The highest BCUT2D eigenvalue weighted by Crippen LogP contribution is 2.29. The van der Waals surface area contributed by atoms with Crippen LogP contribution in [0.2, 0.25) is 0 Å². The number of anilines is 1. The second kappa shape index (κ2) is 5.30. The van der Waals surface area contributed by atoms with Gasteiger partial charge in [0.15, 0.2) is 5.82 Å². The van der Waals surface area contributed by atoms with Crippen LogP contribution in [-0.2, 0) is 4.79 Å². The lowest BCUT2D eigenvalue weighted by Gasteiger charge is -2.28. The molecule has 96 valence electrons. The molecular weight excluding hydrogens is 250 g/mol. The zero-order valence-electron chi connectivity index (χ0n) is 10.3. The Hall–Kier alpha value is -1.69. The van der Waals surface area contributed by atoms with Gasteiger partial charge in [-0.25, -0.2) is 9.97 Å². The molecule has 2 aromatic heterocycles. The molecule has 0 radical (unpaired) electrons. The van der Waals surface area contributed by atoms with Gasteiger partial charge >= 0.3 is 5.97 Å². The van der Waals surface area contributed by atoms with Gasteiger partial charge in [-0.1, -0.05) is 6.92 Å². The van der Waals surface area contributed by atoms with Gasteiger partial charge in [-0.05, 0) is 24.8 Å². The summed E-state index contributed by atoms with van der Waals surface area (Å²) in [5.74, 6) is -0.134. The molecule has 5 nitrogen and oxygen atoms in total. The standard InChI is InChI=1S/C12H15N3O2S/c1-3-8(2)15(6-10(16)17)12-11-9(4-5-18-11)13-7-14-12/h4-5,7-8H,3,6H2,1-2H3,(H,16,17). The summed E-state index contributed by atoms with van der Waals surface area (Å²) in [5.41, 5.74) is 0.865. The minimum atomic E-state index is -0.849. The number of aliphatic carboxylic acids is 1. The average Bonchev–Trinajstić information content (AvgIpc) is 2.83. The van der Waals surface area contributed by atoms with Crippen LogP contribution in [0.1, 0.15) is 20.3 Å². The van der Waals surface area contributed by atoms with E-state index in [0.29, 0.717) is 5.82 Å². The molecule has 0 aliphatic carbocycles. The molecule has 0 spiro atoms. The molecule has 2 aromatic rings. The van der Waals surface area contributed by atoms with Crippen LogP contribution in [0.25, 0.3) is 10.2 Å². The van der Waals surface area contributed by atoms with Crippen LogP contribution in [-0.4, -0.2) is 33.6 Å². The monoisotopic (exact) mass is 265 g/mol. The maximum atomic E-state index is 11.0. The van der Waals surface area contributed by atoms with Crippen molar-refractivity contribution in [1.29, 1.82) is 0 Å². The van der Waals surface area contributed by atoms with E-state index in [1.807, 2.05) is 30.2 Å². The number of hydrogen-bond acceptors (Lipinski definition) is 5. The summed E-state index contributed by atoms with van der Waals surface area (Å²) in [6.45, 7) is 4.00. The van der Waals surface area contributed by atoms with Gasteiger partial charge in [0.2, 0.25) is 0 Å². The zero-order valence-corrected chi connectivity index (χ0v) is 11.1. The Morgan fingerprint density at radius 1 is 1.56 bits per heavy atom. The van der Waals surface area contributed by atoms with Crippen LogP contribution in [0.5, 0.6) is 0 Å². The van der Waals surface area contributed by atoms with Crippen LogP contribution in [0.15, 0.2) is 17.8 Å². The Morgan fingerprint density at radius 3 is 3.00 bits per heavy atom. The highest BCUT2D eigenvalue weighted by molar-refractivity contribution is 7.17. The van der Waals surface area contributed by atoms with E-state index < -0.39 is 5.97 Å². The molecule has 0 saturated carbocycles. The predicted octanol–water partition coefficient (Wildman–Crippen LogP) is 2.38. The van der Waals surface area contributed by atoms with Gasteiger partial charge in [0.25, 0.3) is 0 Å². The van der Waals surface area contributed by atoms with Crippen molar-refractivity contribution in [2.75, 3.05) is 11.4 Å². The molecule has 1 N–H and O–H groups in total. The fourth-order valence-corrected chi connectivity index (χ4v) is 2.64. The SMILES string of the molecule is CCC(C)N(CC(=O)O)c1ncnc2ccsc12. The average molecular weight is 265 g/mol. The van der Waals surface area contributed by atoms with Gasteiger partial charge in [-0.15, -0.1) is 11.3 Å². The Balaban J connectivity index is 2.46. The molecule has 2 rings (SSSR count). The molecule has 0 aliphatic rings. The van der Waals surface area contributed by atoms with Crippen LogP contribution >= 0.6 is 11.3 Å². The van der Waals surface area contributed by atoms with E-state index in [1.165, 1.54) is 17.7 Å². The number of nitrogens with zero attached hydrogens (tertiary/aromatic N) is 3. The lowest BCUT2D eigenvalue weighted by atomic mass is 10.2. The molecule has 0 aromatic carbocycles. The van der Waals surface area contributed by atoms with Crippen molar-refractivity contribution in [2.45, 2.75) is 26.3 Å². The fraction of sp³-hybridized carbons (Fsp3) is 0.417. The van der Waals surface area contributed by atoms with Crippen LogP contribution < -0.4 is 4.90 Å². The largest absolute Gasteiger partial charge is 0.480 e. The Labute approximate surface area is 109 Å². The molecule has 2 heterocycles. The third-order valence-electron chi connectivity index (χ3n) is 2.92. The second-order valence-corrected chi connectivity index (χ2v) is 5.03. The quantitative estimate of drug-likeness (QED) is 0.899. The second-order valence-electron chi connectivity index (χ2n) is 4.11. The van der Waals surface area contributed by atoms with Crippen molar-refractivity contribution in [2.24, 2.45) is 0 Å². The maximum absolute atomic E-state index is 11.0. The molecule has 0 fully saturated rings. The first-order valence-electron chi connectivity index (χ1n) is 5.80. The minimum absolute atomic E-state index is 0.0426. The normalized spacial score (nSPS) is 12.6. The predicted molar refractivity (Wildman–Crippen MR) is 72.1 cm³/mol. The lowest BCUT2D eigenvalue weighted by Crippen LogP contribution is -2.37. The van der Waals surface area contributed by atoms with E-state index >= 15 is 0 Å². The zero-order chi connectivity index (χ0) is 13.1. The smallest absolute Gasteiger partial charge is 0.323 e.